The van der Waals surface area contributed by atoms with Gasteiger partial charge in [0.15, 0.2) is 0 Å². The Labute approximate surface area is 149 Å². The van der Waals surface area contributed by atoms with Gasteiger partial charge in [0, 0.05) is 49.5 Å². The number of carbonyl (C=O) groups excluding carboxylic acids is 2. The number of anilines is 1. The number of H-pyrrole nitrogens is 1. The van der Waals surface area contributed by atoms with Gasteiger partial charge in [-0.05, 0) is 6.07 Å². The van der Waals surface area contributed by atoms with E-state index >= 15 is 0 Å². The summed E-state index contributed by atoms with van der Waals surface area (Å²) >= 11 is 0. The molecule has 8 heteroatoms. The Morgan fingerprint density at radius 2 is 2.08 bits per heavy atom. The minimum Gasteiger partial charge on any atom is -0.360 e. The van der Waals surface area contributed by atoms with Gasteiger partial charge in [0.25, 0.3) is 5.91 Å². The van der Waals surface area contributed by atoms with E-state index in [-0.39, 0.29) is 18.0 Å². The molecular weight excluding hydrogens is 332 g/mol. The van der Waals surface area contributed by atoms with Crippen LogP contribution in [0.25, 0.3) is 10.9 Å². The summed E-state index contributed by atoms with van der Waals surface area (Å²) < 4.78 is 1.85. The highest BCUT2D eigenvalue weighted by Gasteiger charge is 2.34. The third kappa shape index (κ3) is 2.26. The highest BCUT2D eigenvalue weighted by Crippen LogP contribution is 2.27. The average molecular weight is 350 g/mol. The van der Waals surface area contributed by atoms with Gasteiger partial charge in [-0.1, -0.05) is 18.2 Å². The fraction of sp³-hybridized carbons (Fsp3) is 0.278. The number of aromatic amines is 1. The van der Waals surface area contributed by atoms with Crippen LogP contribution in [0, 0.1) is 0 Å². The number of likely N-dealkylation sites (tertiary alicyclic amines) is 1. The minimum atomic E-state index is -0.0886. The zero-order chi connectivity index (χ0) is 17.7. The van der Waals surface area contributed by atoms with E-state index in [1.54, 1.807) is 17.3 Å². The molecule has 2 aromatic heterocycles. The molecule has 0 bridgehead atoms. The third-order valence-electron chi connectivity index (χ3n) is 5.10. The number of nitrogens with one attached hydrogen (secondary N) is 2. The van der Waals surface area contributed by atoms with Gasteiger partial charge in [0.05, 0.1) is 23.5 Å². The van der Waals surface area contributed by atoms with Crippen molar-refractivity contribution in [1.82, 2.24) is 25.0 Å². The van der Waals surface area contributed by atoms with Gasteiger partial charge in [-0.15, -0.1) is 0 Å². The van der Waals surface area contributed by atoms with Crippen molar-refractivity contribution in [3.05, 3.63) is 48.4 Å². The SMILES string of the molecule is O=C(c1c[nH]c2ccccc12)N1CC(n2cc(N3CCNC3=O)cn2)C1. The highest BCUT2D eigenvalue weighted by atomic mass is 16.2. The molecule has 4 heterocycles. The lowest BCUT2D eigenvalue weighted by atomic mass is 10.1. The largest absolute Gasteiger partial charge is 0.360 e. The Kier molecular flexibility index (Phi) is 3.24. The van der Waals surface area contributed by atoms with Crippen molar-refractivity contribution in [1.29, 1.82) is 0 Å². The van der Waals surface area contributed by atoms with Gasteiger partial charge in [-0.25, -0.2) is 4.79 Å². The van der Waals surface area contributed by atoms with Crippen molar-refractivity contribution in [2.45, 2.75) is 6.04 Å². The first kappa shape index (κ1) is 15.0. The maximum absolute atomic E-state index is 12.8. The number of carbonyl (C=O) groups is 2. The van der Waals surface area contributed by atoms with Gasteiger partial charge >= 0.3 is 6.03 Å². The third-order valence-corrected chi connectivity index (χ3v) is 5.10. The molecule has 0 aliphatic carbocycles. The van der Waals surface area contributed by atoms with Crippen LogP contribution in [0.5, 0.6) is 0 Å². The van der Waals surface area contributed by atoms with Crippen LogP contribution in [0.3, 0.4) is 0 Å². The molecule has 26 heavy (non-hydrogen) atoms. The van der Waals surface area contributed by atoms with Crippen molar-refractivity contribution in [3.63, 3.8) is 0 Å². The molecule has 2 fully saturated rings. The van der Waals surface area contributed by atoms with E-state index in [9.17, 15) is 9.59 Å². The summed E-state index contributed by atoms with van der Waals surface area (Å²) in [4.78, 5) is 31.1. The molecule has 3 aromatic rings. The summed E-state index contributed by atoms with van der Waals surface area (Å²) in [6.45, 7) is 2.54. The Morgan fingerprint density at radius 3 is 2.88 bits per heavy atom. The zero-order valence-electron chi connectivity index (χ0n) is 14.1. The molecule has 132 valence electrons. The number of hydrogen-bond acceptors (Lipinski definition) is 3. The lowest BCUT2D eigenvalue weighted by Crippen LogP contribution is -2.50. The summed E-state index contributed by atoms with van der Waals surface area (Å²) in [6.07, 6.45) is 5.36. The van der Waals surface area contributed by atoms with Gasteiger partial charge in [0.1, 0.15) is 0 Å². The van der Waals surface area contributed by atoms with Crippen LogP contribution in [0.4, 0.5) is 10.5 Å². The van der Waals surface area contributed by atoms with Crippen LogP contribution < -0.4 is 10.2 Å². The van der Waals surface area contributed by atoms with Gasteiger partial charge < -0.3 is 15.2 Å². The summed E-state index contributed by atoms with van der Waals surface area (Å²) in [7, 11) is 0. The summed E-state index contributed by atoms with van der Waals surface area (Å²) in [5, 5.41) is 8.10. The maximum atomic E-state index is 12.8. The Balaban J connectivity index is 1.28. The molecule has 0 radical (unpaired) electrons. The molecule has 2 aliphatic heterocycles. The monoisotopic (exact) mass is 350 g/mol. The molecule has 0 saturated carbocycles. The van der Waals surface area contributed by atoms with E-state index in [1.165, 1.54) is 0 Å². The summed E-state index contributed by atoms with van der Waals surface area (Å²) in [5.41, 5.74) is 2.46. The second kappa shape index (κ2) is 5.62. The van der Waals surface area contributed by atoms with E-state index in [0.29, 0.717) is 31.7 Å². The van der Waals surface area contributed by atoms with Gasteiger partial charge in [-0.3, -0.25) is 14.4 Å². The zero-order valence-corrected chi connectivity index (χ0v) is 14.1. The first-order valence-corrected chi connectivity index (χ1v) is 8.65. The van der Waals surface area contributed by atoms with Crippen LogP contribution in [0.15, 0.2) is 42.9 Å². The molecular formula is C18H18N6O2. The minimum absolute atomic E-state index is 0.0324. The van der Waals surface area contributed by atoms with Gasteiger partial charge in [-0.2, -0.15) is 5.10 Å². The molecule has 3 amide bonds. The number of aromatic nitrogens is 3. The summed E-state index contributed by atoms with van der Waals surface area (Å²) in [6, 6.07) is 7.86. The fourth-order valence-corrected chi connectivity index (χ4v) is 3.59. The number of rotatable bonds is 3. The van der Waals surface area contributed by atoms with Crippen molar-refractivity contribution < 1.29 is 9.59 Å². The Morgan fingerprint density at radius 1 is 1.23 bits per heavy atom. The first-order chi connectivity index (χ1) is 12.7. The van der Waals surface area contributed by atoms with Crippen LogP contribution in [0.2, 0.25) is 0 Å². The van der Waals surface area contributed by atoms with Crippen molar-refractivity contribution in [3.8, 4) is 0 Å². The number of urea groups is 1. The molecule has 2 aliphatic rings. The first-order valence-electron chi connectivity index (χ1n) is 8.65. The predicted molar refractivity (Wildman–Crippen MR) is 96.2 cm³/mol. The standard InChI is InChI=1S/C18H18N6O2/c25-17(15-8-20-16-4-2-1-3-14(15)16)22-9-13(10-22)24-11-12(7-21-24)23-6-5-19-18(23)26/h1-4,7-8,11,13,20H,5-6,9-10H2,(H,19,26). The van der Waals surface area contributed by atoms with E-state index in [4.69, 9.17) is 0 Å². The van der Waals surface area contributed by atoms with Crippen LogP contribution >= 0.6 is 0 Å². The van der Waals surface area contributed by atoms with Crippen LogP contribution in [0.1, 0.15) is 16.4 Å². The lowest BCUT2D eigenvalue weighted by Gasteiger charge is -2.39. The molecule has 8 nitrogen and oxygen atoms in total. The Hall–Kier alpha value is -3.29. The maximum Gasteiger partial charge on any atom is 0.322 e. The number of amides is 3. The molecule has 1 aromatic carbocycles. The molecule has 5 rings (SSSR count). The number of fused-ring (bicyclic) bond motifs is 1. The fourth-order valence-electron chi connectivity index (χ4n) is 3.59. The van der Waals surface area contributed by atoms with E-state index in [1.807, 2.05) is 40.0 Å². The van der Waals surface area contributed by atoms with E-state index in [2.05, 4.69) is 15.4 Å². The number of nitrogens with zero attached hydrogens (tertiary/aromatic N) is 4. The highest BCUT2D eigenvalue weighted by molar-refractivity contribution is 6.07. The Bertz CT molecular complexity index is 1000. The number of benzene rings is 1. The predicted octanol–water partition coefficient (Wildman–Crippen LogP) is 1.59. The smallest absolute Gasteiger partial charge is 0.322 e. The number of para-hydroxylation sites is 1. The van der Waals surface area contributed by atoms with E-state index < -0.39 is 0 Å². The van der Waals surface area contributed by atoms with Gasteiger partial charge in [0.2, 0.25) is 0 Å². The topological polar surface area (TPSA) is 86.3 Å². The quantitative estimate of drug-likeness (QED) is 0.752. The molecule has 2 N–H and O–H groups in total. The lowest BCUT2D eigenvalue weighted by molar-refractivity contribution is 0.0504. The van der Waals surface area contributed by atoms with Crippen molar-refractivity contribution in [2.75, 3.05) is 31.1 Å². The van der Waals surface area contributed by atoms with Crippen molar-refractivity contribution >= 4 is 28.5 Å². The van der Waals surface area contributed by atoms with E-state index in [0.717, 1.165) is 16.6 Å². The van der Waals surface area contributed by atoms with Crippen LogP contribution in [-0.4, -0.2) is 57.8 Å². The van der Waals surface area contributed by atoms with Crippen LogP contribution in [-0.2, 0) is 0 Å². The normalized spacial score (nSPS) is 17.6. The molecule has 2 saturated heterocycles. The molecule has 0 atom stereocenters. The second-order valence-electron chi connectivity index (χ2n) is 6.67. The van der Waals surface area contributed by atoms with Crippen molar-refractivity contribution in [2.24, 2.45) is 0 Å². The summed E-state index contributed by atoms with van der Waals surface area (Å²) in [5.74, 6) is 0.0324. The molecule has 0 unspecified atom stereocenters. The molecule has 0 spiro atoms. The second-order valence-corrected chi connectivity index (χ2v) is 6.67. The average Bonchev–Trinajstić information content (AvgIpc) is 3.32. The number of hydrogen-bond donors (Lipinski definition) is 2.